The predicted octanol–water partition coefficient (Wildman–Crippen LogP) is 1.33. The first kappa shape index (κ1) is 12.9. The molecule has 0 aromatic heterocycles. The molecule has 1 aliphatic carbocycles. The van der Waals surface area contributed by atoms with Crippen LogP contribution in [0.4, 0.5) is 0 Å². The van der Waals surface area contributed by atoms with Crippen LogP contribution in [0.1, 0.15) is 26.7 Å². The van der Waals surface area contributed by atoms with E-state index >= 15 is 0 Å². The third-order valence-corrected chi connectivity index (χ3v) is 3.30. The van der Waals surface area contributed by atoms with Crippen LogP contribution in [-0.2, 0) is 4.74 Å². The number of nitrogens with two attached hydrogens (primary N) is 1. The second kappa shape index (κ2) is 5.28. The van der Waals surface area contributed by atoms with Gasteiger partial charge in [0, 0.05) is 19.7 Å². The summed E-state index contributed by atoms with van der Waals surface area (Å²) in [5.74, 6) is 0.850. The second-order valence-corrected chi connectivity index (χ2v) is 5.64. The number of hydrogen-bond donors (Lipinski definition) is 1. The fourth-order valence-corrected chi connectivity index (χ4v) is 2.13. The summed E-state index contributed by atoms with van der Waals surface area (Å²) in [4.78, 5) is 2.42. The molecule has 0 saturated heterocycles. The van der Waals surface area contributed by atoms with Crippen LogP contribution in [0.25, 0.3) is 0 Å². The lowest BCUT2D eigenvalue weighted by Gasteiger charge is -2.34. The number of methoxy groups -OCH3 is 1. The van der Waals surface area contributed by atoms with Gasteiger partial charge in [-0.2, -0.15) is 0 Å². The van der Waals surface area contributed by atoms with Crippen molar-refractivity contribution >= 4 is 0 Å². The van der Waals surface area contributed by atoms with Gasteiger partial charge >= 0.3 is 0 Å². The van der Waals surface area contributed by atoms with Crippen molar-refractivity contribution in [3.05, 3.63) is 0 Å². The van der Waals surface area contributed by atoms with Gasteiger partial charge in [0.15, 0.2) is 0 Å². The van der Waals surface area contributed by atoms with Crippen molar-refractivity contribution in [3.63, 3.8) is 0 Å². The third kappa shape index (κ3) is 4.09. The van der Waals surface area contributed by atoms with Gasteiger partial charge in [-0.3, -0.25) is 0 Å². The molecule has 1 atom stereocenters. The van der Waals surface area contributed by atoms with E-state index in [2.05, 4.69) is 25.8 Å². The summed E-state index contributed by atoms with van der Waals surface area (Å²) in [6.45, 7) is 7.08. The first-order valence-corrected chi connectivity index (χ1v) is 5.89. The molecule has 0 bridgehead atoms. The van der Waals surface area contributed by atoms with Crippen LogP contribution in [0, 0.1) is 11.3 Å². The Bertz CT molecular complexity index is 190. The maximum Gasteiger partial charge on any atom is 0.0620 e. The van der Waals surface area contributed by atoms with Gasteiger partial charge in [-0.1, -0.05) is 13.8 Å². The lowest BCUT2D eigenvalue weighted by molar-refractivity contribution is 0.0721. The predicted molar refractivity (Wildman–Crippen MR) is 63.9 cm³/mol. The van der Waals surface area contributed by atoms with Crippen molar-refractivity contribution < 1.29 is 4.74 Å². The highest BCUT2D eigenvalue weighted by atomic mass is 16.5. The van der Waals surface area contributed by atoms with E-state index in [4.69, 9.17) is 10.5 Å². The Balaban J connectivity index is 2.44. The van der Waals surface area contributed by atoms with Crippen LogP contribution in [0.2, 0.25) is 0 Å². The maximum absolute atomic E-state index is 5.76. The summed E-state index contributed by atoms with van der Waals surface area (Å²) in [7, 11) is 3.98. The van der Waals surface area contributed by atoms with E-state index in [1.165, 1.54) is 12.8 Å². The van der Waals surface area contributed by atoms with Crippen molar-refractivity contribution in [2.75, 3.05) is 33.9 Å². The van der Waals surface area contributed by atoms with Crippen LogP contribution < -0.4 is 5.73 Å². The molecule has 0 aromatic carbocycles. The van der Waals surface area contributed by atoms with Gasteiger partial charge in [-0.25, -0.2) is 0 Å². The van der Waals surface area contributed by atoms with Crippen molar-refractivity contribution in [3.8, 4) is 0 Å². The van der Waals surface area contributed by atoms with Gasteiger partial charge < -0.3 is 15.4 Å². The molecule has 1 unspecified atom stereocenters. The summed E-state index contributed by atoms with van der Waals surface area (Å²) in [5.41, 5.74) is 5.97. The Morgan fingerprint density at radius 1 is 1.47 bits per heavy atom. The average Bonchev–Trinajstić information content (AvgIpc) is 2.96. The zero-order valence-corrected chi connectivity index (χ0v) is 10.6. The molecule has 1 rings (SSSR count). The fourth-order valence-electron chi connectivity index (χ4n) is 2.13. The SMILES string of the molecule is COCC(C1CC1)N(C)CC(C)(C)CN. The van der Waals surface area contributed by atoms with Crippen LogP contribution in [0.5, 0.6) is 0 Å². The molecule has 3 nitrogen and oxygen atoms in total. The molecule has 0 radical (unpaired) electrons. The van der Waals surface area contributed by atoms with Crippen LogP contribution in [0.15, 0.2) is 0 Å². The highest BCUT2D eigenvalue weighted by Gasteiger charge is 2.35. The van der Waals surface area contributed by atoms with E-state index in [-0.39, 0.29) is 5.41 Å². The average molecular weight is 214 g/mol. The van der Waals surface area contributed by atoms with Crippen LogP contribution >= 0.6 is 0 Å². The van der Waals surface area contributed by atoms with Gasteiger partial charge in [-0.05, 0) is 37.8 Å². The quantitative estimate of drug-likeness (QED) is 0.695. The van der Waals surface area contributed by atoms with E-state index in [1.807, 2.05) is 0 Å². The van der Waals surface area contributed by atoms with Crippen LogP contribution in [0.3, 0.4) is 0 Å². The van der Waals surface area contributed by atoms with E-state index in [9.17, 15) is 0 Å². The van der Waals surface area contributed by atoms with Crippen molar-refractivity contribution in [2.24, 2.45) is 17.1 Å². The molecule has 3 heteroatoms. The number of rotatable bonds is 7. The number of ether oxygens (including phenoxy) is 1. The van der Waals surface area contributed by atoms with Crippen molar-refractivity contribution in [1.82, 2.24) is 4.90 Å². The summed E-state index contributed by atoms with van der Waals surface area (Å²) in [6.07, 6.45) is 2.73. The van der Waals surface area contributed by atoms with Gasteiger partial charge in [0.05, 0.1) is 6.61 Å². The summed E-state index contributed by atoms with van der Waals surface area (Å²) >= 11 is 0. The smallest absolute Gasteiger partial charge is 0.0620 e. The van der Waals surface area contributed by atoms with Crippen molar-refractivity contribution in [2.45, 2.75) is 32.7 Å². The minimum Gasteiger partial charge on any atom is -0.383 e. The highest BCUT2D eigenvalue weighted by Crippen LogP contribution is 2.35. The molecular formula is C12H26N2O. The molecule has 0 aliphatic heterocycles. The Labute approximate surface area is 94.0 Å². The zero-order valence-electron chi connectivity index (χ0n) is 10.6. The highest BCUT2D eigenvalue weighted by molar-refractivity contribution is 4.89. The summed E-state index contributed by atoms with van der Waals surface area (Å²) < 4.78 is 5.30. The Morgan fingerprint density at radius 3 is 2.47 bits per heavy atom. The topological polar surface area (TPSA) is 38.5 Å². The molecule has 1 saturated carbocycles. The maximum atomic E-state index is 5.76. The monoisotopic (exact) mass is 214 g/mol. The summed E-state index contributed by atoms with van der Waals surface area (Å²) in [5, 5.41) is 0. The van der Waals surface area contributed by atoms with Gasteiger partial charge in [0.2, 0.25) is 0 Å². The van der Waals surface area contributed by atoms with E-state index in [0.717, 1.165) is 25.6 Å². The Hall–Kier alpha value is -0.120. The molecule has 90 valence electrons. The van der Waals surface area contributed by atoms with Gasteiger partial charge in [-0.15, -0.1) is 0 Å². The first-order chi connectivity index (χ1) is 7.00. The standard InChI is InChI=1S/C12H26N2O/c1-12(2,8-13)9-14(3)11(7-15-4)10-5-6-10/h10-11H,5-9,13H2,1-4H3. The summed E-state index contributed by atoms with van der Waals surface area (Å²) in [6, 6.07) is 0.584. The molecular weight excluding hydrogens is 188 g/mol. The molecule has 1 aliphatic rings. The lowest BCUT2D eigenvalue weighted by Crippen LogP contribution is -2.44. The minimum atomic E-state index is 0.204. The molecule has 15 heavy (non-hydrogen) atoms. The van der Waals surface area contributed by atoms with Crippen molar-refractivity contribution in [1.29, 1.82) is 0 Å². The Kier molecular flexibility index (Phi) is 4.56. The van der Waals surface area contributed by atoms with E-state index in [0.29, 0.717) is 6.04 Å². The van der Waals surface area contributed by atoms with Crippen LogP contribution in [-0.4, -0.2) is 44.8 Å². The second-order valence-electron chi connectivity index (χ2n) is 5.64. The largest absolute Gasteiger partial charge is 0.383 e. The molecule has 1 fully saturated rings. The lowest BCUT2D eigenvalue weighted by atomic mass is 9.92. The zero-order chi connectivity index (χ0) is 11.5. The molecule has 0 amide bonds. The molecule has 0 heterocycles. The van der Waals surface area contributed by atoms with E-state index < -0.39 is 0 Å². The van der Waals surface area contributed by atoms with Gasteiger partial charge in [0.1, 0.15) is 0 Å². The van der Waals surface area contributed by atoms with Gasteiger partial charge in [0.25, 0.3) is 0 Å². The minimum absolute atomic E-state index is 0.204. The normalized spacial score (nSPS) is 19.6. The Morgan fingerprint density at radius 2 is 2.07 bits per heavy atom. The number of nitrogens with zero attached hydrogens (tertiary/aromatic N) is 1. The first-order valence-electron chi connectivity index (χ1n) is 5.89. The molecule has 0 spiro atoms. The molecule has 2 N–H and O–H groups in total. The third-order valence-electron chi connectivity index (χ3n) is 3.30. The fraction of sp³-hybridized carbons (Fsp3) is 1.00. The number of hydrogen-bond acceptors (Lipinski definition) is 3. The molecule has 0 aromatic rings. The van der Waals surface area contributed by atoms with E-state index in [1.54, 1.807) is 7.11 Å². The number of likely N-dealkylation sites (N-methyl/N-ethyl adjacent to an activating group) is 1.